The molecular weight excluding hydrogens is 172 g/mol. The number of aryl methyl sites for hydroxylation is 2. The summed E-state index contributed by atoms with van der Waals surface area (Å²) in [5.74, 6) is 0.517. The summed E-state index contributed by atoms with van der Waals surface area (Å²) in [6.45, 7) is 7.44. The molecule has 0 saturated heterocycles. The number of hydrogen-bond acceptors (Lipinski definition) is 2. The van der Waals surface area contributed by atoms with E-state index in [1.165, 1.54) is 22.4 Å². The average Bonchev–Trinajstić information content (AvgIpc) is 2.12. The summed E-state index contributed by atoms with van der Waals surface area (Å²) in [5, 5.41) is 3.46. The highest BCUT2D eigenvalue weighted by molar-refractivity contribution is 5.61. The Morgan fingerprint density at radius 2 is 2.07 bits per heavy atom. The lowest BCUT2D eigenvalue weighted by Crippen LogP contribution is -2.31. The van der Waals surface area contributed by atoms with Crippen molar-refractivity contribution in [2.45, 2.75) is 26.8 Å². The molecule has 1 aromatic rings. The van der Waals surface area contributed by atoms with Crippen LogP contribution < -0.4 is 11.1 Å². The second-order valence-corrected chi connectivity index (χ2v) is 4.43. The molecule has 1 aliphatic rings. The fourth-order valence-corrected chi connectivity index (χ4v) is 2.20. The van der Waals surface area contributed by atoms with Gasteiger partial charge in [0.1, 0.15) is 0 Å². The van der Waals surface area contributed by atoms with Gasteiger partial charge >= 0.3 is 0 Å². The highest BCUT2D eigenvalue weighted by Gasteiger charge is 2.24. The van der Waals surface area contributed by atoms with Crippen molar-refractivity contribution >= 4 is 5.69 Å². The third kappa shape index (κ3) is 1.40. The Labute approximate surface area is 85.5 Å². The van der Waals surface area contributed by atoms with E-state index in [0.717, 1.165) is 6.54 Å². The standard InChI is InChI=1S/C12H18N2/c1-7-4-8(2)12-10(5-7)11(13)9(3)6-14-12/h4-5,9,11,14H,6,13H2,1-3H3. The summed E-state index contributed by atoms with van der Waals surface area (Å²) in [5.41, 5.74) is 11.3. The molecule has 1 heterocycles. The Hall–Kier alpha value is -1.02. The summed E-state index contributed by atoms with van der Waals surface area (Å²) in [6, 6.07) is 4.59. The third-order valence-electron chi connectivity index (χ3n) is 3.08. The van der Waals surface area contributed by atoms with E-state index in [-0.39, 0.29) is 6.04 Å². The molecule has 0 saturated carbocycles. The molecule has 2 atom stereocenters. The van der Waals surface area contributed by atoms with Gasteiger partial charge in [-0.25, -0.2) is 0 Å². The Morgan fingerprint density at radius 3 is 2.79 bits per heavy atom. The van der Waals surface area contributed by atoms with Crippen molar-refractivity contribution < 1.29 is 0 Å². The average molecular weight is 190 g/mol. The molecule has 0 amide bonds. The monoisotopic (exact) mass is 190 g/mol. The van der Waals surface area contributed by atoms with Crippen molar-refractivity contribution in [2.75, 3.05) is 11.9 Å². The van der Waals surface area contributed by atoms with E-state index in [1.807, 2.05) is 0 Å². The SMILES string of the molecule is Cc1cc(C)c2c(c1)C(N)C(C)CN2. The lowest BCUT2D eigenvalue weighted by atomic mass is 9.88. The smallest absolute Gasteiger partial charge is 0.0418 e. The number of fused-ring (bicyclic) bond motifs is 1. The molecule has 1 aromatic carbocycles. The van der Waals surface area contributed by atoms with Crippen LogP contribution >= 0.6 is 0 Å². The number of anilines is 1. The number of nitrogens with one attached hydrogen (secondary N) is 1. The fraction of sp³-hybridized carbons (Fsp3) is 0.500. The number of hydrogen-bond donors (Lipinski definition) is 2. The van der Waals surface area contributed by atoms with Crippen molar-refractivity contribution in [1.82, 2.24) is 0 Å². The summed E-state index contributed by atoms with van der Waals surface area (Å²) < 4.78 is 0. The van der Waals surface area contributed by atoms with Gasteiger partial charge in [0, 0.05) is 18.3 Å². The lowest BCUT2D eigenvalue weighted by Gasteiger charge is -2.31. The lowest BCUT2D eigenvalue weighted by molar-refractivity contribution is 0.478. The minimum atomic E-state index is 0.185. The molecular formula is C12H18N2. The van der Waals surface area contributed by atoms with E-state index in [9.17, 15) is 0 Å². The van der Waals surface area contributed by atoms with Gasteiger partial charge in [0.05, 0.1) is 0 Å². The van der Waals surface area contributed by atoms with Crippen molar-refractivity contribution in [3.05, 3.63) is 28.8 Å². The molecule has 2 unspecified atom stereocenters. The van der Waals surface area contributed by atoms with E-state index in [4.69, 9.17) is 5.73 Å². The van der Waals surface area contributed by atoms with E-state index >= 15 is 0 Å². The van der Waals surface area contributed by atoms with Crippen LogP contribution in [0, 0.1) is 19.8 Å². The molecule has 2 nitrogen and oxygen atoms in total. The van der Waals surface area contributed by atoms with Crippen LogP contribution in [0.25, 0.3) is 0 Å². The maximum absolute atomic E-state index is 6.19. The first-order valence-electron chi connectivity index (χ1n) is 5.20. The first kappa shape index (κ1) is 9.53. The zero-order valence-electron chi connectivity index (χ0n) is 9.09. The second-order valence-electron chi connectivity index (χ2n) is 4.43. The van der Waals surface area contributed by atoms with Crippen LogP contribution in [0.2, 0.25) is 0 Å². The van der Waals surface area contributed by atoms with Gasteiger partial charge in [-0.1, -0.05) is 24.6 Å². The highest BCUT2D eigenvalue weighted by Crippen LogP contribution is 2.34. The molecule has 0 aliphatic carbocycles. The predicted octanol–water partition coefficient (Wildman–Crippen LogP) is 2.36. The Bertz CT molecular complexity index is 358. The zero-order valence-corrected chi connectivity index (χ0v) is 9.09. The van der Waals surface area contributed by atoms with E-state index in [1.54, 1.807) is 0 Å². The van der Waals surface area contributed by atoms with Crippen LogP contribution in [0.4, 0.5) is 5.69 Å². The molecule has 2 heteroatoms. The largest absolute Gasteiger partial charge is 0.384 e. The Morgan fingerprint density at radius 1 is 1.36 bits per heavy atom. The van der Waals surface area contributed by atoms with Gasteiger partial charge < -0.3 is 11.1 Å². The molecule has 0 bridgehead atoms. The van der Waals surface area contributed by atoms with E-state index in [0.29, 0.717) is 5.92 Å². The molecule has 14 heavy (non-hydrogen) atoms. The minimum absolute atomic E-state index is 0.185. The summed E-state index contributed by atoms with van der Waals surface area (Å²) in [6.07, 6.45) is 0. The first-order chi connectivity index (χ1) is 6.59. The van der Waals surface area contributed by atoms with Gasteiger partial charge in [-0.3, -0.25) is 0 Å². The van der Waals surface area contributed by atoms with Gasteiger partial charge in [0.15, 0.2) is 0 Å². The van der Waals surface area contributed by atoms with Gasteiger partial charge in [0.2, 0.25) is 0 Å². The first-order valence-corrected chi connectivity index (χ1v) is 5.20. The number of benzene rings is 1. The van der Waals surface area contributed by atoms with Gasteiger partial charge in [-0.05, 0) is 30.9 Å². The molecule has 0 fully saturated rings. The molecule has 76 valence electrons. The van der Waals surface area contributed by atoms with Crippen molar-refractivity contribution in [3.63, 3.8) is 0 Å². The topological polar surface area (TPSA) is 38.0 Å². The number of rotatable bonds is 0. The van der Waals surface area contributed by atoms with Crippen LogP contribution in [-0.4, -0.2) is 6.54 Å². The summed E-state index contributed by atoms with van der Waals surface area (Å²) in [4.78, 5) is 0. The summed E-state index contributed by atoms with van der Waals surface area (Å²) >= 11 is 0. The Balaban J connectivity index is 2.54. The van der Waals surface area contributed by atoms with Crippen molar-refractivity contribution in [1.29, 1.82) is 0 Å². The third-order valence-corrected chi connectivity index (χ3v) is 3.08. The van der Waals surface area contributed by atoms with Gasteiger partial charge in [0.25, 0.3) is 0 Å². The van der Waals surface area contributed by atoms with E-state index in [2.05, 4.69) is 38.2 Å². The van der Waals surface area contributed by atoms with E-state index < -0.39 is 0 Å². The van der Waals surface area contributed by atoms with Crippen LogP contribution in [0.15, 0.2) is 12.1 Å². The van der Waals surface area contributed by atoms with Crippen molar-refractivity contribution in [3.8, 4) is 0 Å². The fourth-order valence-electron chi connectivity index (χ4n) is 2.20. The highest BCUT2D eigenvalue weighted by atomic mass is 14.9. The number of nitrogens with two attached hydrogens (primary N) is 1. The molecule has 0 radical (unpaired) electrons. The molecule has 0 aromatic heterocycles. The molecule has 0 spiro atoms. The molecule has 1 aliphatic heterocycles. The van der Waals surface area contributed by atoms with Crippen LogP contribution in [0.5, 0.6) is 0 Å². The van der Waals surface area contributed by atoms with Crippen molar-refractivity contribution in [2.24, 2.45) is 11.7 Å². The zero-order chi connectivity index (χ0) is 10.3. The molecule has 2 rings (SSSR count). The quantitative estimate of drug-likeness (QED) is 0.659. The minimum Gasteiger partial charge on any atom is -0.384 e. The van der Waals surface area contributed by atoms with Crippen LogP contribution in [0.1, 0.15) is 29.7 Å². The summed E-state index contributed by atoms with van der Waals surface area (Å²) in [7, 11) is 0. The van der Waals surface area contributed by atoms with Gasteiger partial charge in [-0.15, -0.1) is 0 Å². The normalized spacial score (nSPS) is 25.4. The molecule has 3 N–H and O–H groups in total. The van der Waals surface area contributed by atoms with Crippen LogP contribution in [-0.2, 0) is 0 Å². The van der Waals surface area contributed by atoms with Gasteiger partial charge in [-0.2, -0.15) is 0 Å². The maximum Gasteiger partial charge on any atom is 0.0418 e. The second kappa shape index (κ2) is 3.28. The van der Waals surface area contributed by atoms with Crippen LogP contribution in [0.3, 0.4) is 0 Å². The predicted molar refractivity (Wildman–Crippen MR) is 60.5 cm³/mol. The maximum atomic E-state index is 6.19. The Kier molecular flexibility index (Phi) is 2.23.